The van der Waals surface area contributed by atoms with Crippen LogP contribution in [0.2, 0.25) is 0 Å². The number of piperidine rings is 1. The highest BCUT2D eigenvalue weighted by atomic mass is 16.2. The van der Waals surface area contributed by atoms with Crippen molar-refractivity contribution in [1.29, 1.82) is 0 Å². The molecule has 3 atom stereocenters. The smallest absolute Gasteiger partial charge is 0.292 e. The second-order valence-corrected chi connectivity index (χ2v) is 10.7. The topological polar surface area (TPSA) is 134 Å². The van der Waals surface area contributed by atoms with Crippen LogP contribution in [0.3, 0.4) is 0 Å². The molecule has 2 bridgehead atoms. The van der Waals surface area contributed by atoms with Crippen LogP contribution in [-0.4, -0.2) is 67.9 Å². The molecule has 2 N–H and O–H groups in total. The monoisotopic (exact) mass is 530 g/mol. The van der Waals surface area contributed by atoms with Crippen molar-refractivity contribution in [3.8, 4) is 22.4 Å². The number of carbonyl (C=O) groups excluding carboxylic acids is 1. The number of pyridine rings is 1. The van der Waals surface area contributed by atoms with Gasteiger partial charge in [-0.3, -0.25) is 14.9 Å². The van der Waals surface area contributed by atoms with Crippen LogP contribution in [0.25, 0.3) is 39.1 Å². The highest BCUT2D eigenvalue weighted by molar-refractivity contribution is 5.91. The Bertz CT molecular complexity index is 1840. The van der Waals surface area contributed by atoms with Crippen molar-refractivity contribution in [2.24, 2.45) is 0 Å². The van der Waals surface area contributed by atoms with E-state index in [4.69, 9.17) is 15.1 Å². The number of aromatic amines is 2. The second-order valence-electron chi connectivity index (χ2n) is 10.7. The van der Waals surface area contributed by atoms with Gasteiger partial charge < -0.3 is 9.88 Å². The lowest BCUT2D eigenvalue weighted by Gasteiger charge is -2.38. The van der Waals surface area contributed by atoms with E-state index in [2.05, 4.69) is 43.6 Å². The maximum Gasteiger partial charge on any atom is 0.292 e. The second kappa shape index (κ2) is 8.80. The van der Waals surface area contributed by atoms with E-state index in [1.807, 2.05) is 53.0 Å². The molecule has 11 heteroatoms. The quantitative estimate of drug-likeness (QED) is 0.347. The van der Waals surface area contributed by atoms with Crippen LogP contribution in [0.4, 0.5) is 0 Å². The van der Waals surface area contributed by atoms with Crippen molar-refractivity contribution in [3.05, 3.63) is 78.4 Å². The minimum Gasteiger partial charge on any atom is -0.330 e. The first-order chi connectivity index (χ1) is 19.7. The van der Waals surface area contributed by atoms with Crippen molar-refractivity contribution < 1.29 is 4.79 Å². The molecule has 2 aliphatic heterocycles. The minimum atomic E-state index is -0.0685. The molecular formula is C29H26N10O. The molecule has 1 aromatic carbocycles. The molecule has 2 aliphatic rings. The van der Waals surface area contributed by atoms with Gasteiger partial charge >= 0.3 is 0 Å². The number of nitrogens with one attached hydrogen (secondary N) is 2. The van der Waals surface area contributed by atoms with E-state index in [9.17, 15) is 4.79 Å². The van der Waals surface area contributed by atoms with E-state index < -0.39 is 0 Å². The highest BCUT2D eigenvalue weighted by Crippen LogP contribution is 2.45. The Kier molecular flexibility index (Phi) is 5.06. The summed E-state index contributed by atoms with van der Waals surface area (Å²) >= 11 is 0. The van der Waals surface area contributed by atoms with E-state index in [1.165, 1.54) is 6.33 Å². The number of rotatable bonds is 4. The minimum absolute atomic E-state index is 0.0685. The molecule has 0 spiro atoms. The zero-order valence-electron chi connectivity index (χ0n) is 21.8. The Morgan fingerprint density at radius 1 is 1.00 bits per heavy atom. The van der Waals surface area contributed by atoms with E-state index in [0.29, 0.717) is 5.82 Å². The number of hydrogen-bond acceptors (Lipinski definition) is 7. The van der Waals surface area contributed by atoms with Gasteiger partial charge in [0.15, 0.2) is 11.3 Å². The third-order valence-corrected chi connectivity index (χ3v) is 8.48. The Balaban J connectivity index is 1.18. The lowest BCUT2D eigenvalue weighted by Crippen LogP contribution is -2.46. The third-order valence-electron chi connectivity index (χ3n) is 8.48. The van der Waals surface area contributed by atoms with Crippen LogP contribution in [0.15, 0.2) is 61.2 Å². The molecule has 8 rings (SSSR count). The van der Waals surface area contributed by atoms with Crippen molar-refractivity contribution in [2.45, 2.75) is 50.6 Å². The predicted octanol–water partition coefficient (Wildman–Crippen LogP) is 4.31. The maximum absolute atomic E-state index is 13.2. The molecule has 40 heavy (non-hydrogen) atoms. The van der Waals surface area contributed by atoms with Crippen LogP contribution < -0.4 is 0 Å². The van der Waals surface area contributed by atoms with Crippen LogP contribution in [0.1, 0.15) is 53.6 Å². The summed E-state index contributed by atoms with van der Waals surface area (Å²) in [5, 5.41) is 21.2. The zero-order chi connectivity index (χ0) is 26.8. The number of aromatic nitrogens is 9. The number of H-pyrrole nitrogens is 2. The van der Waals surface area contributed by atoms with Crippen molar-refractivity contribution in [2.75, 3.05) is 0 Å². The van der Waals surface area contributed by atoms with Gasteiger partial charge in [0.1, 0.15) is 6.33 Å². The van der Waals surface area contributed by atoms with Crippen LogP contribution in [0, 0.1) is 6.92 Å². The van der Waals surface area contributed by atoms with E-state index in [-0.39, 0.29) is 23.9 Å². The third kappa shape index (κ3) is 3.47. The summed E-state index contributed by atoms with van der Waals surface area (Å²) in [5.41, 5.74) is 7.40. The molecule has 198 valence electrons. The van der Waals surface area contributed by atoms with E-state index >= 15 is 0 Å². The summed E-state index contributed by atoms with van der Waals surface area (Å²) < 4.78 is 1.84. The summed E-state index contributed by atoms with van der Waals surface area (Å²) in [5.74, 6) is 0.432. The molecule has 0 unspecified atom stereocenters. The van der Waals surface area contributed by atoms with Gasteiger partial charge in [0.2, 0.25) is 5.82 Å². The molecule has 2 saturated heterocycles. The fraction of sp³-hybridized carbons (Fsp3) is 0.276. The largest absolute Gasteiger partial charge is 0.330 e. The molecule has 0 radical (unpaired) electrons. The standard InChI is InChI=1S/C29H26N10O/c1-16-24-25(19-11-20-8-9-21(12-19)38(20)29(40)26-31-15-32-36-26)34-27-22(14-33-39(27)28(24)37-35-16)18-7-10-23(30-13-18)17-5-3-2-4-6-17/h2-7,10,13-15,19-21H,8-9,11-12H2,1H3,(H,35,37)(H,31,32,36)/t19-,20+,21-. The molecule has 1 amide bonds. The number of fused-ring (bicyclic) bond motifs is 5. The zero-order valence-corrected chi connectivity index (χ0v) is 21.8. The van der Waals surface area contributed by atoms with Gasteiger partial charge in [-0.05, 0) is 38.7 Å². The molecule has 0 aliphatic carbocycles. The van der Waals surface area contributed by atoms with Gasteiger partial charge in [-0.1, -0.05) is 36.4 Å². The maximum atomic E-state index is 13.2. The molecular weight excluding hydrogens is 504 g/mol. The average molecular weight is 531 g/mol. The highest BCUT2D eigenvalue weighted by Gasteiger charge is 2.45. The first kappa shape index (κ1) is 23.0. The summed E-state index contributed by atoms with van der Waals surface area (Å²) in [6.45, 7) is 2.00. The fourth-order valence-corrected chi connectivity index (χ4v) is 6.66. The normalized spacial score (nSPS) is 20.5. The SMILES string of the molecule is Cc1n[nH]c2c1c([C@H]1C[C@H]3CC[C@@H](C1)N3C(=O)c1nnc[nH]1)nc1c(-c3ccc(-c4ccccc4)nc3)cnn12. The van der Waals surface area contributed by atoms with Gasteiger partial charge in [0.05, 0.1) is 28.7 Å². The first-order valence-electron chi connectivity index (χ1n) is 13.6. The fourth-order valence-electron chi connectivity index (χ4n) is 6.66. The summed E-state index contributed by atoms with van der Waals surface area (Å²) in [6, 6.07) is 14.5. The van der Waals surface area contributed by atoms with Gasteiger partial charge in [0, 0.05) is 40.9 Å². The van der Waals surface area contributed by atoms with E-state index in [0.717, 1.165) is 76.1 Å². The molecule has 0 saturated carbocycles. The van der Waals surface area contributed by atoms with Gasteiger partial charge in [-0.2, -0.15) is 14.7 Å². The molecule has 11 nitrogen and oxygen atoms in total. The van der Waals surface area contributed by atoms with Crippen molar-refractivity contribution in [3.63, 3.8) is 0 Å². The Hall–Kier alpha value is -4.93. The van der Waals surface area contributed by atoms with Crippen LogP contribution in [0.5, 0.6) is 0 Å². The molecule has 6 aromatic rings. The Labute approximate surface area is 228 Å². The molecule has 5 aromatic heterocycles. The van der Waals surface area contributed by atoms with Crippen molar-refractivity contribution in [1.82, 2.24) is 49.9 Å². The van der Waals surface area contributed by atoms with Crippen molar-refractivity contribution >= 4 is 22.6 Å². The Morgan fingerprint density at radius 2 is 1.82 bits per heavy atom. The number of hydrogen-bond donors (Lipinski definition) is 2. The summed E-state index contributed by atoms with van der Waals surface area (Å²) in [6.07, 6.45) is 8.84. The number of carbonyl (C=O) groups is 1. The Morgan fingerprint density at radius 3 is 2.55 bits per heavy atom. The van der Waals surface area contributed by atoms with Gasteiger partial charge in [-0.15, -0.1) is 10.2 Å². The number of amides is 1. The summed E-state index contributed by atoms with van der Waals surface area (Å²) in [7, 11) is 0. The number of benzene rings is 1. The van der Waals surface area contributed by atoms with Gasteiger partial charge in [-0.25, -0.2) is 4.98 Å². The lowest BCUT2D eigenvalue weighted by molar-refractivity contribution is 0.0558. The summed E-state index contributed by atoms with van der Waals surface area (Å²) in [4.78, 5) is 28.1. The lowest BCUT2D eigenvalue weighted by atomic mass is 9.86. The number of aryl methyl sites for hydroxylation is 1. The average Bonchev–Trinajstić information content (AvgIpc) is 3.79. The number of nitrogens with zero attached hydrogens (tertiary/aromatic N) is 8. The van der Waals surface area contributed by atoms with Crippen LogP contribution >= 0.6 is 0 Å². The first-order valence-corrected chi connectivity index (χ1v) is 13.6. The van der Waals surface area contributed by atoms with Gasteiger partial charge in [0.25, 0.3) is 5.91 Å². The molecule has 2 fully saturated rings. The predicted molar refractivity (Wildman–Crippen MR) is 147 cm³/mol. The van der Waals surface area contributed by atoms with E-state index in [1.54, 1.807) is 0 Å². The van der Waals surface area contributed by atoms with Crippen LogP contribution in [-0.2, 0) is 0 Å². The molecule has 7 heterocycles.